The van der Waals surface area contributed by atoms with Crippen LogP contribution in [0.3, 0.4) is 0 Å². The fourth-order valence-corrected chi connectivity index (χ4v) is 3.28. The molecule has 1 aliphatic carbocycles. The number of nitrogens with one attached hydrogen (secondary N) is 2. The summed E-state index contributed by atoms with van der Waals surface area (Å²) in [5.41, 5.74) is 0. The van der Waals surface area contributed by atoms with Crippen molar-refractivity contribution >= 4 is 17.2 Å². The molecule has 1 saturated carbocycles. The first-order valence-electron chi connectivity index (χ1n) is 7.05. The zero-order valence-electron chi connectivity index (χ0n) is 11.9. The Bertz CT molecular complexity index is 426. The van der Waals surface area contributed by atoms with Crippen LogP contribution < -0.4 is 10.6 Å². The van der Waals surface area contributed by atoms with Crippen LogP contribution in [-0.2, 0) is 4.79 Å². The summed E-state index contributed by atoms with van der Waals surface area (Å²) < 4.78 is 0. The molecule has 5 heteroatoms. The molecule has 1 amide bonds. The van der Waals surface area contributed by atoms with Gasteiger partial charge in [0, 0.05) is 17.1 Å². The molecule has 0 aliphatic heterocycles. The van der Waals surface area contributed by atoms with Gasteiger partial charge in [0.05, 0.1) is 12.1 Å². The molecule has 2 atom stereocenters. The second kappa shape index (κ2) is 6.48. The van der Waals surface area contributed by atoms with Crippen molar-refractivity contribution in [1.82, 2.24) is 15.6 Å². The second-order valence-electron chi connectivity index (χ2n) is 5.41. The van der Waals surface area contributed by atoms with E-state index in [9.17, 15) is 4.79 Å². The van der Waals surface area contributed by atoms with Crippen LogP contribution in [-0.4, -0.2) is 23.0 Å². The molecular formula is C14H23N3OS. The molecule has 1 aromatic rings. The third-order valence-corrected chi connectivity index (χ3v) is 4.70. The van der Waals surface area contributed by atoms with Gasteiger partial charge in [-0.15, -0.1) is 11.3 Å². The van der Waals surface area contributed by atoms with Gasteiger partial charge in [-0.25, -0.2) is 4.98 Å². The van der Waals surface area contributed by atoms with E-state index < -0.39 is 0 Å². The lowest BCUT2D eigenvalue weighted by Crippen LogP contribution is -2.46. The number of nitrogens with zero attached hydrogens (tertiary/aromatic N) is 1. The first-order chi connectivity index (χ1) is 9.06. The molecule has 2 N–H and O–H groups in total. The van der Waals surface area contributed by atoms with Crippen molar-refractivity contribution in [1.29, 1.82) is 0 Å². The summed E-state index contributed by atoms with van der Waals surface area (Å²) in [5, 5.41) is 7.48. The summed E-state index contributed by atoms with van der Waals surface area (Å²) in [5.74, 6) is 0.104. The average Bonchev–Trinajstić information content (AvgIpc) is 3.00. The van der Waals surface area contributed by atoms with E-state index in [2.05, 4.69) is 22.5 Å². The van der Waals surface area contributed by atoms with Gasteiger partial charge < -0.3 is 5.32 Å². The first-order valence-corrected chi connectivity index (χ1v) is 7.86. The van der Waals surface area contributed by atoms with Crippen LogP contribution in [0.4, 0.5) is 0 Å². The number of amides is 1. The molecule has 0 radical (unpaired) electrons. The summed E-state index contributed by atoms with van der Waals surface area (Å²) in [6, 6.07) is 0.317. The third kappa shape index (κ3) is 4.01. The van der Waals surface area contributed by atoms with E-state index in [1.165, 1.54) is 17.7 Å². The van der Waals surface area contributed by atoms with Gasteiger partial charge in [-0.1, -0.05) is 12.8 Å². The topological polar surface area (TPSA) is 54.0 Å². The number of hydrogen-bond acceptors (Lipinski definition) is 4. The van der Waals surface area contributed by atoms with Gasteiger partial charge in [0.15, 0.2) is 0 Å². The van der Waals surface area contributed by atoms with E-state index >= 15 is 0 Å². The third-order valence-electron chi connectivity index (χ3n) is 3.60. The number of aryl methyl sites for hydroxylation is 1. The monoisotopic (exact) mass is 281 g/mol. The highest BCUT2D eigenvalue weighted by atomic mass is 32.1. The fraction of sp³-hybridized carbons (Fsp3) is 0.714. The molecule has 1 fully saturated rings. The van der Waals surface area contributed by atoms with E-state index in [1.54, 1.807) is 11.3 Å². The van der Waals surface area contributed by atoms with Crippen molar-refractivity contribution in [3.8, 4) is 0 Å². The number of carbonyl (C=O) groups is 1. The van der Waals surface area contributed by atoms with Crippen LogP contribution in [0.5, 0.6) is 0 Å². The van der Waals surface area contributed by atoms with Gasteiger partial charge in [-0.3, -0.25) is 10.1 Å². The maximum Gasteiger partial charge on any atom is 0.237 e. The highest BCUT2D eigenvalue weighted by Gasteiger charge is 2.22. The number of thiazole rings is 1. The minimum Gasteiger partial charge on any atom is -0.352 e. The molecule has 4 nitrogen and oxygen atoms in total. The SMILES string of the molecule is Cc1cnc(C(C)NC(C)C(=O)NC2CCCC2)s1. The first kappa shape index (κ1) is 14.5. The Morgan fingerprint density at radius 3 is 2.68 bits per heavy atom. The Morgan fingerprint density at radius 2 is 2.11 bits per heavy atom. The summed E-state index contributed by atoms with van der Waals surface area (Å²) in [6.07, 6.45) is 6.60. The Labute approximate surface area is 119 Å². The number of aromatic nitrogens is 1. The van der Waals surface area contributed by atoms with Crippen LogP contribution in [0.2, 0.25) is 0 Å². The minimum atomic E-state index is -0.181. The van der Waals surface area contributed by atoms with E-state index in [0.717, 1.165) is 17.8 Å². The number of rotatable bonds is 5. The van der Waals surface area contributed by atoms with Gasteiger partial charge in [-0.2, -0.15) is 0 Å². The molecule has 0 bridgehead atoms. The molecule has 0 spiro atoms. The molecule has 19 heavy (non-hydrogen) atoms. The van der Waals surface area contributed by atoms with Crippen molar-refractivity contribution in [3.63, 3.8) is 0 Å². The predicted molar refractivity (Wildman–Crippen MR) is 78.3 cm³/mol. The van der Waals surface area contributed by atoms with Gasteiger partial charge >= 0.3 is 0 Å². The Morgan fingerprint density at radius 1 is 1.42 bits per heavy atom. The van der Waals surface area contributed by atoms with E-state index in [4.69, 9.17) is 0 Å². The number of carbonyl (C=O) groups excluding carboxylic acids is 1. The van der Waals surface area contributed by atoms with Crippen molar-refractivity contribution in [2.75, 3.05) is 0 Å². The normalized spacial score (nSPS) is 19.3. The fourth-order valence-electron chi connectivity index (χ4n) is 2.49. The van der Waals surface area contributed by atoms with Gasteiger partial charge in [-0.05, 0) is 33.6 Å². The highest BCUT2D eigenvalue weighted by Crippen LogP contribution is 2.20. The molecule has 1 aromatic heterocycles. The highest BCUT2D eigenvalue weighted by molar-refractivity contribution is 7.11. The van der Waals surface area contributed by atoms with Gasteiger partial charge in [0.1, 0.15) is 5.01 Å². The number of hydrogen-bond donors (Lipinski definition) is 2. The largest absolute Gasteiger partial charge is 0.352 e. The van der Waals surface area contributed by atoms with Crippen molar-refractivity contribution in [2.24, 2.45) is 0 Å². The summed E-state index contributed by atoms with van der Waals surface area (Å²) >= 11 is 1.68. The molecule has 0 saturated heterocycles. The van der Waals surface area contributed by atoms with Crippen LogP contribution >= 0.6 is 11.3 Å². The summed E-state index contributed by atoms with van der Waals surface area (Å²) in [6.45, 7) is 6.02. The maximum absolute atomic E-state index is 12.1. The van der Waals surface area contributed by atoms with Crippen LogP contribution in [0.1, 0.15) is 55.5 Å². The van der Waals surface area contributed by atoms with E-state index in [-0.39, 0.29) is 18.0 Å². The lowest BCUT2D eigenvalue weighted by atomic mass is 10.2. The minimum absolute atomic E-state index is 0.104. The molecule has 2 rings (SSSR count). The van der Waals surface area contributed by atoms with Crippen LogP contribution in [0.25, 0.3) is 0 Å². The van der Waals surface area contributed by atoms with E-state index in [0.29, 0.717) is 6.04 Å². The molecule has 1 aliphatic rings. The molecule has 1 heterocycles. The smallest absolute Gasteiger partial charge is 0.237 e. The zero-order chi connectivity index (χ0) is 13.8. The standard InChI is InChI=1S/C14H23N3OS/c1-9-8-15-14(19-9)11(3)16-10(2)13(18)17-12-6-4-5-7-12/h8,10-12,16H,4-7H2,1-3H3,(H,17,18). The van der Waals surface area contributed by atoms with Crippen molar-refractivity contribution < 1.29 is 4.79 Å². The Hall–Kier alpha value is -0.940. The molecular weight excluding hydrogens is 258 g/mol. The van der Waals surface area contributed by atoms with Gasteiger partial charge in [0.25, 0.3) is 0 Å². The summed E-state index contributed by atoms with van der Waals surface area (Å²) in [7, 11) is 0. The lowest BCUT2D eigenvalue weighted by molar-refractivity contribution is -0.123. The second-order valence-corrected chi connectivity index (χ2v) is 6.68. The Balaban J connectivity index is 1.82. The summed E-state index contributed by atoms with van der Waals surface area (Å²) in [4.78, 5) is 17.6. The predicted octanol–water partition coefficient (Wildman–Crippen LogP) is 2.55. The van der Waals surface area contributed by atoms with Crippen LogP contribution in [0, 0.1) is 6.92 Å². The van der Waals surface area contributed by atoms with E-state index in [1.807, 2.05) is 20.0 Å². The van der Waals surface area contributed by atoms with Crippen LogP contribution in [0.15, 0.2) is 6.20 Å². The van der Waals surface area contributed by atoms with Crippen molar-refractivity contribution in [3.05, 3.63) is 16.1 Å². The van der Waals surface area contributed by atoms with Crippen molar-refractivity contribution in [2.45, 2.75) is 64.6 Å². The lowest BCUT2D eigenvalue weighted by Gasteiger charge is -2.20. The molecule has 0 aromatic carbocycles. The molecule has 106 valence electrons. The molecule has 2 unspecified atom stereocenters. The van der Waals surface area contributed by atoms with Gasteiger partial charge in [0.2, 0.25) is 5.91 Å². The quantitative estimate of drug-likeness (QED) is 0.872. The zero-order valence-corrected chi connectivity index (χ0v) is 12.7. The Kier molecular flexibility index (Phi) is 4.93. The maximum atomic E-state index is 12.1. The average molecular weight is 281 g/mol.